The minimum atomic E-state index is 0.461. The molecule has 21 heavy (non-hydrogen) atoms. The maximum Gasteiger partial charge on any atom is 0.183 e. The van der Waals surface area contributed by atoms with E-state index in [-0.39, 0.29) is 0 Å². The van der Waals surface area contributed by atoms with Crippen LogP contribution in [0.25, 0.3) is 0 Å². The Morgan fingerprint density at radius 2 is 1.38 bits per heavy atom. The van der Waals surface area contributed by atoms with Gasteiger partial charge in [0.1, 0.15) is 6.61 Å². The average molecular weight is 296 g/mol. The highest BCUT2D eigenvalue weighted by Crippen LogP contribution is 2.16. The van der Waals surface area contributed by atoms with Crippen molar-refractivity contribution < 1.29 is 4.74 Å². The molecule has 0 radical (unpaired) electrons. The molecule has 0 aromatic rings. The van der Waals surface area contributed by atoms with Gasteiger partial charge in [-0.2, -0.15) is 0 Å². The summed E-state index contributed by atoms with van der Waals surface area (Å²) in [4.78, 5) is 4.70. The van der Waals surface area contributed by atoms with Crippen LogP contribution in [0.5, 0.6) is 0 Å². The van der Waals surface area contributed by atoms with Crippen molar-refractivity contribution in [3.05, 3.63) is 0 Å². The highest BCUT2D eigenvalue weighted by atomic mass is 16.5. The van der Waals surface area contributed by atoms with E-state index in [0.29, 0.717) is 6.04 Å². The molecule has 0 saturated carbocycles. The van der Waals surface area contributed by atoms with Crippen molar-refractivity contribution in [1.82, 2.24) is 0 Å². The van der Waals surface area contributed by atoms with Gasteiger partial charge < -0.3 is 4.74 Å². The molecule has 0 bridgehead atoms. The molecule has 1 aliphatic rings. The van der Waals surface area contributed by atoms with Crippen LogP contribution in [0.15, 0.2) is 4.99 Å². The van der Waals surface area contributed by atoms with Crippen LogP contribution < -0.4 is 0 Å². The fourth-order valence-corrected chi connectivity index (χ4v) is 2.96. The standard InChI is InChI=1S/C19H37NO/c1-3-5-7-8-9-10-11-12-13-14-16-19-20-18(17-21-19)15-6-4-2/h18H,3-17H2,1-2H3. The maximum atomic E-state index is 5.70. The molecular formula is C19H37NO. The molecule has 1 aliphatic heterocycles. The molecule has 0 fully saturated rings. The monoisotopic (exact) mass is 295 g/mol. The number of rotatable bonds is 14. The molecule has 124 valence electrons. The van der Waals surface area contributed by atoms with Gasteiger partial charge in [-0.3, -0.25) is 0 Å². The van der Waals surface area contributed by atoms with Gasteiger partial charge in [-0.05, 0) is 12.8 Å². The molecule has 2 heteroatoms. The van der Waals surface area contributed by atoms with Gasteiger partial charge in [0.25, 0.3) is 0 Å². The fourth-order valence-electron chi connectivity index (χ4n) is 2.96. The van der Waals surface area contributed by atoms with Crippen LogP contribution >= 0.6 is 0 Å². The third-order valence-corrected chi connectivity index (χ3v) is 4.40. The lowest BCUT2D eigenvalue weighted by Crippen LogP contribution is -2.05. The Morgan fingerprint density at radius 3 is 2.00 bits per heavy atom. The van der Waals surface area contributed by atoms with Crippen molar-refractivity contribution in [3.8, 4) is 0 Å². The maximum absolute atomic E-state index is 5.70. The van der Waals surface area contributed by atoms with Crippen LogP contribution in [0.3, 0.4) is 0 Å². The molecule has 0 aromatic heterocycles. The van der Waals surface area contributed by atoms with Gasteiger partial charge in [0, 0.05) is 6.42 Å². The van der Waals surface area contributed by atoms with Crippen LogP contribution in [0.1, 0.15) is 104 Å². The lowest BCUT2D eigenvalue weighted by Gasteiger charge is -2.03. The Balaban J connectivity index is 1.86. The van der Waals surface area contributed by atoms with Crippen molar-refractivity contribution in [2.45, 2.75) is 110 Å². The highest BCUT2D eigenvalue weighted by Gasteiger charge is 2.17. The molecule has 0 amide bonds. The van der Waals surface area contributed by atoms with E-state index in [9.17, 15) is 0 Å². The second-order valence-corrected chi connectivity index (χ2v) is 6.56. The van der Waals surface area contributed by atoms with Crippen LogP contribution in [0.2, 0.25) is 0 Å². The van der Waals surface area contributed by atoms with E-state index in [0.717, 1.165) is 18.9 Å². The molecule has 0 N–H and O–H groups in total. The summed E-state index contributed by atoms with van der Waals surface area (Å²) in [5, 5.41) is 0. The van der Waals surface area contributed by atoms with Crippen LogP contribution in [0, 0.1) is 0 Å². The first kappa shape index (κ1) is 18.5. The minimum absolute atomic E-state index is 0.461. The van der Waals surface area contributed by atoms with E-state index >= 15 is 0 Å². The number of hydrogen-bond acceptors (Lipinski definition) is 2. The van der Waals surface area contributed by atoms with Gasteiger partial charge in [0.15, 0.2) is 5.90 Å². The lowest BCUT2D eigenvalue weighted by atomic mass is 10.1. The van der Waals surface area contributed by atoms with E-state index in [1.807, 2.05) is 0 Å². The lowest BCUT2D eigenvalue weighted by molar-refractivity contribution is 0.301. The predicted octanol–water partition coefficient (Wildman–Crippen LogP) is 6.28. The number of hydrogen-bond donors (Lipinski definition) is 0. The summed E-state index contributed by atoms with van der Waals surface area (Å²) in [5.41, 5.74) is 0. The van der Waals surface area contributed by atoms with E-state index in [2.05, 4.69) is 13.8 Å². The Hall–Kier alpha value is -0.530. The molecular weight excluding hydrogens is 258 g/mol. The normalized spacial score (nSPS) is 17.8. The highest BCUT2D eigenvalue weighted by molar-refractivity contribution is 5.77. The predicted molar refractivity (Wildman–Crippen MR) is 93.2 cm³/mol. The van der Waals surface area contributed by atoms with Crippen molar-refractivity contribution in [2.75, 3.05) is 6.61 Å². The molecule has 0 aliphatic carbocycles. The van der Waals surface area contributed by atoms with Crippen molar-refractivity contribution in [1.29, 1.82) is 0 Å². The Labute approximate surface area is 132 Å². The van der Waals surface area contributed by atoms with Gasteiger partial charge >= 0.3 is 0 Å². The smallest absolute Gasteiger partial charge is 0.183 e. The average Bonchev–Trinajstić information content (AvgIpc) is 2.95. The molecule has 1 atom stereocenters. The van der Waals surface area contributed by atoms with Gasteiger partial charge in [0.2, 0.25) is 0 Å². The summed E-state index contributed by atoms with van der Waals surface area (Å²) in [6.07, 6.45) is 18.7. The third kappa shape index (κ3) is 9.92. The molecule has 0 saturated heterocycles. The second-order valence-electron chi connectivity index (χ2n) is 6.56. The number of nitrogens with zero attached hydrogens (tertiary/aromatic N) is 1. The quantitative estimate of drug-likeness (QED) is 0.345. The van der Waals surface area contributed by atoms with Crippen LogP contribution in [-0.4, -0.2) is 18.5 Å². The Morgan fingerprint density at radius 1 is 0.810 bits per heavy atom. The zero-order valence-electron chi connectivity index (χ0n) is 14.5. The molecule has 1 heterocycles. The summed E-state index contributed by atoms with van der Waals surface area (Å²) in [6, 6.07) is 0.461. The summed E-state index contributed by atoms with van der Waals surface area (Å²) in [7, 11) is 0. The van der Waals surface area contributed by atoms with Gasteiger partial charge in [-0.15, -0.1) is 0 Å². The molecule has 0 aromatic carbocycles. The topological polar surface area (TPSA) is 21.6 Å². The number of aliphatic imine (C=N–C) groups is 1. The number of unbranched alkanes of at least 4 members (excludes halogenated alkanes) is 10. The molecule has 0 spiro atoms. The first-order valence-electron chi connectivity index (χ1n) is 9.56. The van der Waals surface area contributed by atoms with Gasteiger partial charge in [-0.25, -0.2) is 4.99 Å². The summed E-state index contributed by atoms with van der Waals surface area (Å²) < 4.78 is 5.70. The largest absolute Gasteiger partial charge is 0.479 e. The summed E-state index contributed by atoms with van der Waals surface area (Å²) in [5.74, 6) is 1.04. The SMILES string of the molecule is CCCCCCCCCCCCC1=NC(CCCC)CO1. The fraction of sp³-hybridized carbons (Fsp3) is 0.947. The van der Waals surface area contributed by atoms with Crippen LogP contribution in [-0.2, 0) is 4.74 Å². The first-order chi connectivity index (χ1) is 10.4. The van der Waals surface area contributed by atoms with E-state index in [1.54, 1.807) is 0 Å². The Bertz CT molecular complexity index is 262. The Kier molecular flexibility index (Phi) is 11.6. The van der Waals surface area contributed by atoms with Crippen LogP contribution in [0.4, 0.5) is 0 Å². The first-order valence-corrected chi connectivity index (χ1v) is 9.56. The zero-order chi connectivity index (χ0) is 15.2. The summed E-state index contributed by atoms with van der Waals surface area (Å²) in [6.45, 7) is 5.36. The minimum Gasteiger partial charge on any atom is -0.479 e. The van der Waals surface area contributed by atoms with Crippen molar-refractivity contribution in [3.63, 3.8) is 0 Å². The number of ether oxygens (including phenoxy) is 1. The van der Waals surface area contributed by atoms with Crippen molar-refractivity contribution >= 4 is 5.90 Å². The van der Waals surface area contributed by atoms with Gasteiger partial charge in [-0.1, -0.05) is 84.5 Å². The summed E-state index contributed by atoms with van der Waals surface area (Å²) >= 11 is 0. The molecule has 1 rings (SSSR count). The third-order valence-electron chi connectivity index (χ3n) is 4.40. The van der Waals surface area contributed by atoms with E-state index in [4.69, 9.17) is 9.73 Å². The van der Waals surface area contributed by atoms with E-state index in [1.165, 1.54) is 83.5 Å². The molecule has 2 nitrogen and oxygen atoms in total. The van der Waals surface area contributed by atoms with E-state index < -0.39 is 0 Å². The second kappa shape index (κ2) is 13.2. The molecule has 1 unspecified atom stereocenters. The van der Waals surface area contributed by atoms with Gasteiger partial charge in [0.05, 0.1) is 6.04 Å². The van der Waals surface area contributed by atoms with Crippen molar-refractivity contribution in [2.24, 2.45) is 4.99 Å². The zero-order valence-corrected chi connectivity index (χ0v) is 14.5.